The summed E-state index contributed by atoms with van der Waals surface area (Å²) in [6.45, 7) is 4.19. The first-order valence-electron chi connectivity index (χ1n) is 12.3. The van der Waals surface area contributed by atoms with Gasteiger partial charge in [0, 0.05) is 16.6 Å². The Morgan fingerprint density at radius 2 is 1.81 bits per heavy atom. The lowest BCUT2D eigenvalue weighted by atomic mass is 9.91. The number of nitrogens with one attached hydrogen (secondary N) is 2. The lowest BCUT2D eigenvalue weighted by Crippen LogP contribution is -2.40. The van der Waals surface area contributed by atoms with E-state index in [-0.39, 0.29) is 11.9 Å². The van der Waals surface area contributed by atoms with Crippen LogP contribution in [0.4, 0.5) is 0 Å². The summed E-state index contributed by atoms with van der Waals surface area (Å²) in [7, 11) is 0. The van der Waals surface area contributed by atoms with E-state index < -0.39 is 17.2 Å². The molecule has 1 heterocycles. The maximum atomic E-state index is 13.6. The topological polar surface area (TPSA) is 101 Å². The molecule has 0 spiro atoms. The van der Waals surface area contributed by atoms with Crippen molar-refractivity contribution < 1.29 is 19.5 Å². The van der Waals surface area contributed by atoms with Crippen molar-refractivity contribution in [2.75, 3.05) is 0 Å². The summed E-state index contributed by atoms with van der Waals surface area (Å²) in [5.41, 5.74) is 5.10. The quantitative estimate of drug-likeness (QED) is 0.242. The second-order valence-electron chi connectivity index (χ2n) is 9.57. The Bertz CT molecular complexity index is 1460. The molecule has 1 aliphatic rings. The molecule has 7 heteroatoms. The van der Waals surface area contributed by atoms with Gasteiger partial charge in [0.2, 0.25) is 11.8 Å². The van der Waals surface area contributed by atoms with E-state index in [9.17, 15) is 14.8 Å². The maximum absolute atomic E-state index is 13.6. The third kappa shape index (κ3) is 4.78. The van der Waals surface area contributed by atoms with Gasteiger partial charge in [-0.2, -0.15) is 0 Å². The summed E-state index contributed by atoms with van der Waals surface area (Å²) < 4.78 is 6.16. The van der Waals surface area contributed by atoms with Crippen molar-refractivity contribution in [1.82, 2.24) is 15.8 Å². The van der Waals surface area contributed by atoms with Crippen molar-refractivity contribution >= 4 is 22.7 Å². The molecule has 0 radical (unpaired) electrons. The number of aromatic nitrogens is 1. The Morgan fingerprint density at radius 1 is 1.05 bits per heavy atom. The zero-order chi connectivity index (χ0) is 26.0. The van der Waals surface area contributed by atoms with Crippen molar-refractivity contribution in [3.8, 4) is 5.75 Å². The van der Waals surface area contributed by atoms with Crippen molar-refractivity contribution in [1.29, 1.82) is 0 Å². The lowest BCUT2D eigenvalue weighted by molar-refractivity contribution is -0.133. The molecule has 3 N–H and O–H groups in total. The zero-order valence-corrected chi connectivity index (χ0v) is 20.8. The van der Waals surface area contributed by atoms with E-state index >= 15 is 0 Å². The van der Waals surface area contributed by atoms with E-state index in [1.165, 1.54) is 0 Å². The van der Waals surface area contributed by atoms with Crippen LogP contribution >= 0.6 is 0 Å². The van der Waals surface area contributed by atoms with Gasteiger partial charge in [-0.25, -0.2) is 5.48 Å². The summed E-state index contributed by atoms with van der Waals surface area (Å²) >= 11 is 0. The maximum Gasteiger partial charge on any atom is 0.247 e. The third-order valence-electron chi connectivity index (χ3n) is 7.11. The van der Waals surface area contributed by atoms with Crippen LogP contribution in [0.1, 0.15) is 41.8 Å². The van der Waals surface area contributed by atoms with Crippen LogP contribution in [0.3, 0.4) is 0 Å². The van der Waals surface area contributed by atoms with Gasteiger partial charge in [0.15, 0.2) is 0 Å². The number of rotatable bonds is 8. The fourth-order valence-electron chi connectivity index (χ4n) is 5.05. The standard InChI is InChI=1S/C30H29N3O4/c1-19-15-22(25-13-6-7-14-27(25)31-19)18-37-24-12-8-11-23(16-24)30(17-26(30)28(34)33-36)29(35)32-20(2)21-9-4-3-5-10-21/h3-16,20,26,36H,17-18H2,1-2H3,(H,32,35)(H,33,34). The molecule has 1 aromatic heterocycles. The fourth-order valence-corrected chi connectivity index (χ4v) is 5.05. The van der Waals surface area contributed by atoms with Crippen LogP contribution in [0.5, 0.6) is 5.75 Å². The first kappa shape index (κ1) is 24.5. The minimum absolute atomic E-state index is 0.244. The second-order valence-corrected chi connectivity index (χ2v) is 9.57. The number of hydrogen-bond donors (Lipinski definition) is 3. The average molecular weight is 496 g/mol. The molecule has 1 aliphatic carbocycles. The average Bonchev–Trinajstić information content (AvgIpc) is 3.69. The number of pyridine rings is 1. The molecule has 0 bridgehead atoms. The highest BCUT2D eigenvalue weighted by Gasteiger charge is 2.64. The van der Waals surface area contributed by atoms with E-state index in [1.54, 1.807) is 5.48 Å². The van der Waals surface area contributed by atoms with Crippen LogP contribution in [0.2, 0.25) is 0 Å². The first-order valence-corrected chi connectivity index (χ1v) is 12.3. The highest BCUT2D eigenvalue weighted by molar-refractivity contribution is 6.00. The largest absolute Gasteiger partial charge is 0.489 e. The van der Waals surface area contributed by atoms with Crippen molar-refractivity contribution in [2.24, 2.45) is 5.92 Å². The molecule has 3 aromatic carbocycles. The van der Waals surface area contributed by atoms with Crippen molar-refractivity contribution in [3.63, 3.8) is 0 Å². The molecular formula is C30H29N3O4. The van der Waals surface area contributed by atoms with Crippen LogP contribution in [0.25, 0.3) is 10.9 Å². The first-order chi connectivity index (χ1) is 17.9. The highest BCUT2D eigenvalue weighted by atomic mass is 16.5. The fraction of sp³-hybridized carbons (Fsp3) is 0.233. The molecule has 37 heavy (non-hydrogen) atoms. The molecule has 3 unspecified atom stereocenters. The number of aryl methyl sites for hydroxylation is 1. The van der Waals surface area contributed by atoms with Gasteiger partial charge < -0.3 is 10.1 Å². The van der Waals surface area contributed by atoms with Crippen LogP contribution in [0.15, 0.2) is 84.9 Å². The zero-order valence-electron chi connectivity index (χ0n) is 20.8. The smallest absolute Gasteiger partial charge is 0.247 e. The molecule has 4 aromatic rings. The molecule has 7 nitrogen and oxygen atoms in total. The van der Waals surface area contributed by atoms with Gasteiger partial charge >= 0.3 is 0 Å². The number of para-hydroxylation sites is 1. The summed E-state index contributed by atoms with van der Waals surface area (Å²) in [4.78, 5) is 30.6. The van der Waals surface area contributed by atoms with Crippen LogP contribution in [-0.2, 0) is 21.6 Å². The Labute approximate surface area is 215 Å². The van der Waals surface area contributed by atoms with E-state index in [2.05, 4.69) is 10.3 Å². The molecular weight excluding hydrogens is 466 g/mol. The normalized spacial score (nSPS) is 19.2. The number of carbonyl (C=O) groups is 2. The van der Waals surface area contributed by atoms with E-state index in [0.29, 0.717) is 24.3 Å². The van der Waals surface area contributed by atoms with E-state index in [1.807, 2.05) is 98.8 Å². The van der Waals surface area contributed by atoms with Gasteiger partial charge in [0.1, 0.15) is 12.4 Å². The Kier molecular flexibility index (Phi) is 6.63. The minimum atomic E-state index is -1.09. The predicted octanol–water partition coefficient (Wildman–Crippen LogP) is 4.76. The van der Waals surface area contributed by atoms with Gasteiger partial charge in [-0.3, -0.25) is 19.8 Å². The number of amides is 2. The highest BCUT2D eigenvalue weighted by Crippen LogP contribution is 2.55. The van der Waals surface area contributed by atoms with Crippen molar-refractivity contribution in [2.45, 2.75) is 38.3 Å². The van der Waals surface area contributed by atoms with Gasteiger partial charge in [-0.15, -0.1) is 0 Å². The van der Waals surface area contributed by atoms with Crippen LogP contribution in [0, 0.1) is 12.8 Å². The number of hydrogen-bond acceptors (Lipinski definition) is 5. The van der Waals surface area contributed by atoms with Crippen LogP contribution in [-0.4, -0.2) is 22.0 Å². The molecule has 1 fully saturated rings. The third-order valence-corrected chi connectivity index (χ3v) is 7.11. The van der Waals surface area contributed by atoms with Crippen molar-refractivity contribution in [3.05, 3.63) is 107 Å². The van der Waals surface area contributed by atoms with Gasteiger partial charge in [-0.05, 0) is 55.7 Å². The minimum Gasteiger partial charge on any atom is -0.489 e. The van der Waals surface area contributed by atoms with Crippen LogP contribution < -0.4 is 15.5 Å². The summed E-state index contributed by atoms with van der Waals surface area (Å²) in [5, 5.41) is 13.4. The lowest BCUT2D eigenvalue weighted by Gasteiger charge is -2.22. The molecule has 188 valence electrons. The number of carbonyl (C=O) groups excluding carboxylic acids is 2. The number of benzene rings is 3. The van der Waals surface area contributed by atoms with E-state index in [4.69, 9.17) is 4.74 Å². The molecule has 0 saturated heterocycles. The summed E-state index contributed by atoms with van der Waals surface area (Å²) in [6.07, 6.45) is 0.296. The number of hydroxylamine groups is 1. The Balaban J connectivity index is 1.40. The van der Waals surface area contributed by atoms with Gasteiger partial charge in [0.25, 0.3) is 0 Å². The second kappa shape index (κ2) is 10.0. The Hall–Kier alpha value is -4.23. The van der Waals surface area contributed by atoms with Gasteiger partial charge in [-0.1, -0.05) is 60.7 Å². The molecule has 3 atom stereocenters. The van der Waals surface area contributed by atoms with E-state index in [0.717, 1.165) is 27.7 Å². The number of fused-ring (bicyclic) bond motifs is 1. The van der Waals surface area contributed by atoms with Gasteiger partial charge in [0.05, 0.1) is 22.9 Å². The number of nitrogens with zero attached hydrogens (tertiary/aromatic N) is 1. The summed E-state index contributed by atoms with van der Waals surface area (Å²) in [5.74, 6) is -0.921. The molecule has 2 amide bonds. The SMILES string of the molecule is Cc1cc(COc2cccc(C3(C(=O)NC(C)c4ccccc4)CC3C(=O)NO)c2)c2ccccc2n1. The molecule has 0 aliphatic heterocycles. The Morgan fingerprint density at radius 3 is 2.59 bits per heavy atom. The summed E-state index contributed by atoms with van der Waals surface area (Å²) in [6, 6.07) is 26.6. The molecule has 1 saturated carbocycles. The monoisotopic (exact) mass is 495 g/mol. The number of ether oxygens (including phenoxy) is 1. The molecule has 5 rings (SSSR count). The predicted molar refractivity (Wildman–Crippen MR) is 140 cm³/mol.